The van der Waals surface area contributed by atoms with Crippen molar-refractivity contribution in [3.8, 4) is 29.0 Å². The number of aromatic amines is 1. The highest BCUT2D eigenvalue weighted by molar-refractivity contribution is 5.95. The summed E-state index contributed by atoms with van der Waals surface area (Å²) in [6, 6.07) is 11.5. The molecule has 1 fully saturated rings. The van der Waals surface area contributed by atoms with E-state index in [0.29, 0.717) is 57.4 Å². The molecule has 2 unspecified atom stereocenters. The molecule has 3 atom stereocenters. The van der Waals surface area contributed by atoms with Crippen LogP contribution in [0.25, 0.3) is 33.2 Å². The zero-order valence-electron chi connectivity index (χ0n) is 18.3. The third kappa shape index (κ3) is 3.06. The molecule has 0 amide bonds. The number of hydrogen-bond donors (Lipinski definition) is 1. The van der Waals surface area contributed by atoms with Crippen LogP contribution in [-0.2, 0) is 6.54 Å². The molecule has 2 aromatic carbocycles. The fourth-order valence-electron chi connectivity index (χ4n) is 4.97. The maximum atomic E-state index is 13.1. The van der Waals surface area contributed by atoms with Crippen molar-refractivity contribution in [1.82, 2.24) is 24.6 Å². The lowest BCUT2D eigenvalue weighted by molar-refractivity contribution is 0.195. The van der Waals surface area contributed by atoms with Crippen LogP contribution in [0.3, 0.4) is 0 Å². The smallest absolute Gasteiger partial charge is 0.274 e. The van der Waals surface area contributed by atoms with E-state index in [9.17, 15) is 10.1 Å². The molecule has 4 aromatic rings. The molecule has 0 aliphatic carbocycles. The van der Waals surface area contributed by atoms with Crippen molar-refractivity contribution in [2.75, 3.05) is 20.2 Å². The summed E-state index contributed by atoms with van der Waals surface area (Å²) < 4.78 is 13.7. The number of nitrogens with one attached hydrogen (secondary N) is 1. The molecule has 9 heteroatoms. The Morgan fingerprint density at radius 1 is 1.27 bits per heavy atom. The number of aromatic nitrogens is 4. The van der Waals surface area contributed by atoms with Gasteiger partial charge in [-0.05, 0) is 19.1 Å². The molecule has 1 saturated heterocycles. The number of fused-ring (bicyclic) bond motifs is 5. The fourth-order valence-corrected chi connectivity index (χ4v) is 4.97. The van der Waals surface area contributed by atoms with Gasteiger partial charge in [-0.25, -0.2) is 9.97 Å². The predicted octanol–water partition coefficient (Wildman–Crippen LogP) is 2.68. The average Bonchev–Trinajstić information content (AvgIpc) is 3.34. The van der Waals surface area contributed by atoms with Crippen molar-refractivity contribution in [2.45, 2.75) is 32.0 Å². The third-order valence-corrected chi connectivity index (χ3v) is 6.64. The Morgan fingerprint density at radius 3 is 2.97 bits per heavy atom. The van der Waals surface area contributed by atoms with Gasteiger partial charge in [0.15, 0.2) is 0 Å². The number of hydrogen-bond acceptors (Lipinski definition) is 7. The second-order valence-electron chi connectivity index (χ2n) is 8.65. The third-order valence-electron chi connectivity index (χ3n) is 6.64. The first-order valence-corrected chi connectivity index (χ1v) is 11.0. The number of para-hydroxylation sites is 1. The van der Waals surface area contributed by atoms with Gasteiger partial charge in [0.1, 0.15) is 23.1 Å². The van der Waals surface area contributed by atoms with Gasteiger partial charge in [-0.3, -0.25) is 19.5 Å². The topological polar surface area (TPSA) is 109 Å². The van der Waals surface area contributed by atoms with Gasteiger partial charge in [0.2, 0.25) is 5.88 Å². The van der Waals surface area contributed by atoms with Gasteiger partial charge in [0, 0.05) is 37.2 Å². The van der Waals surface area contributed by atoms with Gasteiger partial charge in [-0.1, -0.05) is 12.1 Å². The highest BCUT2D eigenvalue weighted by Crippen LogP contribution is 2.36. The Bertz CT molecular complexity index is 1510. The highest BCUT2D eigenvalue weighted by atomic mass is 16.5. The minimum absolute atomic E-state index is 0.0497. The quantitative estimate of drug-likeness (QED) is 0.483. The summed E-state index contributed by atoms with van der Waals surface area (Å²) >= 11 is 0. The van der Waals surface area contributed by atoms with Crippen molar-refractivity contribution in [1.29, 1.82) is 5.26 Å². The van der Waals surface area contributed by atoms with Crippen molar-refractivity contribution in [3.63, 3.8) is 0 Å². The number of rotatable bonds is 1. The van der Waals surface area contributed by atoms with E-state index in [2.05, 4.69) is 28.0 Å². The first kappa shape index (κ1) is 19.8. The van der Waals surface area contributed by atoms with E-state index >= 15 is 0 Å². The zero-order valence-corrected chi connectivity index (χ0v) is 18.3. The molecular formula is C24H22N6O3. The second-order valence-corrected chi connectivity index (χ2v) is 8.65. The molecule has 2 aliphatic rings. The van der Waals surface area contributed by atoms with E-state index < -0.39 is 0 Å². The minimum atomic E-state index is -0.0616. The normalized spacial score (nSPS) is 21.8. The predicted molar refractivity (Wildman–Crippen MR) is 122 cm³/mol. The Hall–Kier alpha value is -3.90. The Morgan fingerprint density at radius 2 is 2.15 bits per heavy atom. The molecule has 33 heavy (non-hydrogen) atoms. The van der Waals surface area contributed by atoms with Gasteiger partial charge >= 0.3 is 0 Å². The largest absolute Gasteiger partial charge is 0.487 e. The number of ether oxygens (including phenoxy) is 2. The molecular weight excluding hydrogens is 420 g/mol. The van der Waals surface area contributed by atoms with Gasteiger partial charge < -0.3 is 9.47 Å². The van der Waals surface area contributed by atoms with Crippen molar-refractivity contribution in [2.24, 2.45) is 0 Å². The lowest BCUT2D eigenvalue weighted by atomic mass is 10.1. The number of benzene rings is 2. The van der Waals surface area contributed by atoms with E-state index in [0.717, 1.165) is 25.1 Å². The van der Waals surface area contributed by atoms with Gasteiger partial charge in [0.25, 0.3) is 5.56 Å². The molecule has 4 heterocycles. The summed E-state index contributed by atoms with van der Waals surface area (Å²) in [5.41, 5.74) is 3.40. The van der Waals surface area contributed by atoms with Crippen molar-refractivity contribution < 1.29 is 9.47 Å². The minimum Gasteiger partial charge on any atom is -0.487 e. The van der Waals surface area contributed by atoms with Crippen molar-refractivity contribution >= 4 is 21.9 Å². The first-order chi connectivity index (χ1) is 16.1. The monoisotopic (exact) mass is 442 g/mol. The molecule has 2 aliphatic heterocycles. The molecule has 6 bridgehead atoms. The molecule has 0 radical (unpaired) electrons. The van der Waals surface area contributed by atoms with E-state index in [1.165, 1.54) is 7.11 Å². The molecule has 0 spiro atoms. The summed E-state index contributed by atoms with van der Waals surface area (Å²) in [4.78, 5) is 25.0. The van der Waals surface area contributed by atoms with Crippen LogP contribution in [0.2, 0.25) is 0 Å². The van der Waals surface area contributed by atoms with Gasteiger partial charge in [-0.15, -0.1) is 0 Å². The summed E-state index contributed by atoms with van der Waals surface area (Å²) in [6.07, 6.45) is 0.796. The van der Waals surface area contributed by atoms with Crippen LogP contribution in [0.15, 0.2) is 35.1 Å². The van der Waals surface area contributed by atoms with Gasteiger partial charge in [-0.2, -0.15) is 5.26 Å². The maximum absolute atomic E-state index is 13.1. The van der Waals surface area contributed by atoms with E-state index in [1.54, 1.807) is 16.8 Å². The standard InChI is InChI=1S/C24H22N6O3/c1-13-8-15-12-29(13)6-7-30-24(31)17-5-3-4-16(20(17)28-30)21-23(32-2)26-18-9-14(11-25)10-19(33-15)22(18)27-21/h3-5,9-10,13,15,28H,6-8,12H2,1-2H3/t13-,15?/m1/s1. The number of methoxy groups -OCH3 is 1. The van der Waals surface area contributed by atoms with Crippen LogP contribution < -0.4 is 15.0 Å². The summed E-state index contributed by atoms with van der Waals surface area (Å²) in [5, 5.41) is 13.4. The van der Waals surface area contributed by atoms with Crippen LogP contribution in [0.1, 0.15) is 18.9 Å². The summed E-state index contributed by atoms with van der Waals surface area (Å²) in [7, 11) is 1.53. The SMILES string of the molecule is COc1nc2cc(C#N)cc3c2nc1-c1cccc2c(=O)n([nH]c12)CCN1CC(C[C@H]1C)O3. The van der Waals surface area contributed by atoms with E-state index in [-0.39, 0.29) is 11.7 Å². The second kappa shape index (κ2) is 7.32. The number of nitrogens with zero attached hydrogens (tertiary/aromatic N) is 5. The molecule has 2 aromatic heterocycles. The summed E-state index contributed by atoms with van der Waals surface area (Å²) in [6.45, 7) is 4.17. The maximum Gasteiger partial charge on any atom is 0.274 e. The van der Waals surface area contributed by atoms with Crippen LogP contribution in [0, 0.1) is 11.3 Å². The lowest BCUT2D eigenvalue weighted by Gasteiger charge is -2.21. The molecule has 6 rings (SSSR count). The van der Waals surface area contributed by atoms with Crippen LogP contribution in [-0.4, -0.2) is 57.0 Å². The lowest BCUT2D eigenvalue weighted by Crippen LogP contribution is -2.33. The summed E-state index contributed by atoms with van der Waals surface area (Å²) in [5.74, 6) is 0.854. The highest BCUT2D eigenvalue weighted by Gasteiger charge is 2.31. The van der Waals surface area contributed by atoms with E-state index in [4.69, 9.17) is 14.5 Å². The Balaban J connectivity index is 1.68. The van der Waals surface area contributed by atoms with Crippen LogP contribution >= 0.6 is 0 Å². The number of H-pyrrole nitrogens is 1. The van der Waals surface area contributed by atoms with Gasteiger partial charge in [0.05, 0.1) is 41.7 Å². The Labute approximate surface area is 189 Å². The average molecular weight is 442 g/mol. The molecule has 0 saturated carbocycles. The number of nitriles is 1. The molecule has 9 nitrogen and oxygen atoms in total. The fraction of sp³-hybridized carbons (Fsp3) is 0.333. The van der Waals surface area contributed by atoms with E-state index in [1.807, 2.05) is 18.2 Å². The van der Waals surface area contributed by atoms with Crippen LogP contribution in [0.5, 0.6) is 11.6 Å². The molecule has 166 valence electrons. The Kier molecular flexibility index (Phi) is 4.38. The zero-order chi connectivity index (χ0) is 22.7. The van der Waals surface area contributed by atoms with Crippen LogP contribution in [0.4, 0.5) is 0 Å². The van der Waals surface area contributed by atoms with Crippen molar-refractivity contribution in [3.05, 3.63) is 46.2 Å². The first-order valence-electron chi connectivity index (χ1n) is 11.0. The molecule has 1 N–H and O–H groups in total.